The van der Waals surface area contributed by atoms with Gasteiger partial charge in [0.1, 0.15) is 17.7 Å². The van der Waals surface area contributed by atoms with Crippen LogP contribution in [0, 0.1) is 13.8 Å². The van der Waals surface area contributed by atoms with Crippen LogP contribution in [0.4, 0.5) is 5.82 Å². The van der Waals surface area contributed by atoms with Crippen LogP contribution in [0.25, 0.3) is 0 Å². The molecule has 1 N–H and O–H groups in total. The highest BCUT2D eigenvalue weighted by Gasteiger charge is 2.41. The van der Waals surface area contributed by atoms with Gasteiger partial charge in [0.2, 0.25) is 0 Å². The van der Waals surface area contributed by atoms with Crippen LogP contribution in [-0.4, -0.2) is 26.1 Å². The molecule has 0 spiro atoms. The van der Waals surface area contributed by atoms with Crippen LogP contribution in [0.2, 0.25) is 0 Å². The Balaban J connectivity index is 1.40. The van der Waals surface area contributed by atoms with Gasteiger partial charge < -0.3 is 14.6 Å². The monoisotopic (exact) mass is 311 g/mol. The Hall–Kier alpha value is -2.67. The number of hydrogen-bond donors (Lipinski definition) is 1. The number of hydrogen-bond acceptors (Lipinski definition) is 6. The van der Waals surface area contributed by atoms with Crippen molar-refractivity contribution < 1.29 is 9.26 Å². The zero-order valence-electron chi connectivity index (χ0n) is 12.9. The predicted molar refractivity (Wildman–Crippen MR) is 82.8 cm³/mol. The molecule has 0 amide bonds. The molecule has 23 heavy (non-hydrogen) atoms. The van der Waals surface area contributed by atoms with Crippen LogP contribution in [0.15, 0.2) is 41.2 Å². The highest BCUT2D eigenvalue weighted by Crippen LogP contribution is 2.37. The maximum atomic E-state index is 5.61. The fourth-order valence-corrected chi connectivity index (χ4v) is 2.55. The molecule has 0 saturated carbocycles. The minimum absolute atomic E-state index is 0.0103. The summed E-state index contributed by atoms with van der Waals surface area (Å²) in [7, 11) is 0. The summed E-state index contributed by atoms with van der Waals surface area (Å²) in [5.74, 6) is 1.61. The van der Waals surface area contributed by atoms with Gasteiger partial charge in [0, 0.05) is 24.0 Å². The van der Waals surface area contributed by atoms with E-state index in [1.165, 1.54) is 0 Å². The van der Waals surface area contributed by atoms with Crippen molar-refractivity contribution in [2.75, 3.05) is 5.32 Å². The second-order valence-corrected chi connectivity index (χ2v) is 5.58. The van der Waals surface area contributed by atoms with Crippen molar-refractivity contribution in [2.24, 2.45) is 0 Å². The highest BCUT2D eigenvalue weighted by molar-refractivity contribution is 5.36. The van der Waals surface area contributed by atoms with E-state index >= 15 is 0 Å². The fraction of sp³-hybridized carbons (Fsp3) is 0.312. The molecule has 2 atom stereocenters. The molecule has 1 saturated heterocycles. The number of anilines is 1. The van der Waals surface area contributed by atoms with Crippen LogP contribution in [-0.2, 0) is 11.3 Å². The summed E-state index contributed by atoms with van der Waals surface area (Å²) in [4.78, 5) is 4.30. The van der Waals surface area contributed by atoms with Gasteiger partial charge >= 0.3 is 0 Å². The van der Waals surface area contributed by atoms with Crippen molar-refractivity contribution in [3.8, 4) is 0 Å². The van der Waals surface area contributed by atoms with Crippen molar-refractivity contribution in [3.63, 3.8) is 0 Å². The third-order valence-corrected chi connectivity index (χ3v) is 3.90. The molecule has 2 unspecified atom stereocenters. The van der Waals surface area contributed by atoms with Crippen molar-refractivity contribution in [2.45, 2.75) is 32.7 Å². The number of rotatable bonds is 5. The van der Waals surface area contributed by atoms with Crippen molar-refractivity contribution in [1.82, 2.24) is 19.9 Å². The number of aryl methyl sites for hydroxylation is 2. The van der Waals surface area contributed by atoms with E-state index in [0.717, 1.165) is 28.5 Å². The topological polar surface area (TPSA) is 81.3 Å². The molecular weight excluding hydrogens is 294 g/mol. The minimum atomic E-state index is -0.0766. The van der Waals surface area contributed by atoms with Gasteiger partial charge in [-0.05, 0) is 26.0 Å². The van der Waals surface area contributed by atoms with E-state index in [4.69, 9.17) is 9.26 Å². The van der Waals surface area contributed by atoms with Gasteiger partial charge in [-0.25, -0.2) is 0 Å². The second-order valence-electron chi connectivity index (χ2n) is 5.58. The molecule has 0 bridgehead atoms. The van der Waals surface area contributed by atoms with E-state index in [1.807, 2.05) is 49.0 Å². The number of epoxide rings is 1. The molecule has 118 valence electrons. The second kappa shape index (κ2) is 5.51. The van der Waals surface area contributed by atoms with Gasteiger partial charge in [-0.2, -0.15) is 5.10 Å². The molecule has 1 fully saturated rings. The zero-order chi connectivity index (χ0) is 15.8. The van der Waals surface area contributed by atoms with Crippen molar-refractivity contribution >= 4 is 5.82 Å². The van der Waals surface area contributed by atoms with Crippen molar-refractivity contribution in [1.29, 1.82) is 0 Å². The van der Waals surface area contributed by atoms with Gasteiger partial charge in [0.15, 0.2) is 6.23 Å². The maximum absolute atomic E-state index is 5.61. The third kappa shape index (κ3) is 2.83. The summed E-state index contributed by atoms with van der Waals surface area (Å²) in [6.07, 6.45) is 3.61. The molecule has 1 aliphatic heterocycles. The molecule has 4 rings (SSSR count). The number of ether oxygens (including phenoxy) is 1. The Morgan fingerprint density at radius 3 is 2.91 bits per heavy atom. The SMILES string of the molecule is Cc1noc(C)c1Cn1ccc(NC2OC2c2ccccn2)n1. The Kier molecular flexibility index (Phi) is 3.34. The molecule has 7 nitrogen and oxygen atoms in total. The lowest BCUT2D eigenvalue weighted by Gasteiger charge is -2.01. The lowest BCUT2D eigenvalue weighted by atomic mass is 10.2. The van der Waals surface area contributed by atoms with Gasteiger partial charge in [0.25, 0.3) is 0 Å². The smallest absolute Gasteiger partial charge is 0.162 e. The molecule has 3 aromatic rings. The summed E-state index contributed by atoms with van der Waals surface area (Å²) in [5.41, 5.74) is 2.89. The predicted octanol–water partition coefficient (Wildman–Crippen LogP) is 2.44. The number of nitrogens with one attached hydrogen (secondary N) is 1. The normalized spacial score (nSPS) is 19.7. The summed E-state index contributed by atoms with van der Waals surface area (Å²) < 4.78 is 12.6. The molecule has 0 radical (unpaired) electrons. The van der Waals surface area contributed by atoms with Gasteiger partial charge in [-0.15, -0.1) is 0 Å². The molecule has 3 aromatic heterocycles. The minimum Gasteiger partial charge on any atom is -0.361 e. The Labute approximate surface area is 133 Å². The maximum Gasteiger partial charge on any atom is 0.162 e. The Morgan fingerprint density at radius 2 is 2.17 bits per heavy atom. The average molecular weight is 311 g/mol. The van der Waals surface area contributed by atoms with Crippen molar-refractivity contribution in [3.05, 3.63) is 59.4 Å². The highest BCUT2D eigenvalue weighted by atomic mass is 16.6. The quantitative estimate of drug-likeness (QED) is 0.729. The first-order valence-corrected chi connectivity index (χ1v) is 7.49. The van der Waals surface area contributed by atoms with Crippen LogP contribution >= 0.6 is 0 Å². The fourth-order valence-electron chi connectivity index (χ4n) is 2.55. The number of nitrogens with zero attached hydrogens (tertiary/aromatic N) is 4. The van der Waals surface area contributed by atoms with E-state index in [-0.39, 0.29) is 12.3 Å². The lowest BCUT2D eigenvalue weighted by molar-refractivity contribution is 0.383. The number of aromatic nitrogens is 4. The van der Waals surface area contributed by atoms with E-state index in [9.17, 15) is 0 Å². The summed E-state index contributed by atoms with van der Waals surface area (Å²) in [5, 5.41) is 11.7. The first-order valence-electron chi connectivity index (χ1n) is 7.49. The van der Waals surface area contributed by atoms with Gasteiger partial charge in [0.05, 0.1) is 17.9 Å². The Morgan fingerprint density at radius 1 is 1.26 bits per heavy atom. The Bertz CT molecular complexity index is 792. The van der Waals surface area contributed by atoms with Gasteiger partial charge in [-0.1, -0.05) is 11.2 Å². The van der Waals surface area contributed by atoms with Crippen LogP contribution in [0.1, 0.15) is 28.8 Å². The molecule has 1 aliphatic rings. The van der Waals surface area contributed by atoms with Crippen LogP contribution < -0.4 is 5.32 Å². The number of pyridine rings is 1. The molecule has 4 heterocycles. The average Bonchev–Trinajstić information content (AvgIpc) is 3.08. The van der Waals surface area contributed by atoms with E-state index in [1.54, 1.807) is 6.20 Å². The van der Waals surface area contributed by atoms with Crippen LogP contribution in [0.3, 0.4) is 0 Å². The molecule has 0 aromatic carbocycles. The van der Waals surface area contributed by atoms with E-state index < -0.39 is 0 Å². The van der Waals surface area contributed by atoms with Crippen LogP contribution in [0.5, 0.6) is 0 Å². The molecule has 7 heteroatoms. The van der Waals surface area contributed by atoms with Gasteiger partial charge in [-0.3, -0.25) is 9.67 Å². The largest absolute Gasteiger partial charge is 0.361 e. The summed E-state index contributed by atoms with van der Waals surface area (Å²) >= 11 is 0. The standard InChI is InChI=1S/C16H17N5O2/c1-10-12(11(2)23-20-10)9-21-8-6-14(19-21)18-16-15(22-16)13-5-3-4-7-17-13/h3-8,15-16H,9H2,1-2H3,(H,18,19). The van der Waals surface area contributed by atoms with E-state index in [2.05, 4.69) is 20.6 Å². The first-order chi connectivity index (χ1) is 11.2. The van der Waals surface area contributed by atoms with E-state index in [0.29, 0.717) is 6.54 Å². The first kappa shape index (κ1) is 14.0. The molecular formula is C16H17N5O2. The summed E-state index contributed by atoms with van der Waals surface area (Å²) in [6.45, 7) is 4.48. The molecule has 0 aliphatic carbocycles. The summed E-state index contributed by atoms with van der Waals surface area (Å²) in [6, 6.07) is 7.74. The zero-order valence-corrected chi connectivity index (χ0v) is 12.9. The third-order valence-electron chi connectivity index (χ3n) is 3.90. The lowest BCUT2D eigenvalue weighted by Crippen LogP contribution is -2.07.